The smallest absolute Gasteiger partial charge is 0.258 e. The number of aromatic nitrogens is 2. The molecule has 1 heterocycles. The third-order valence-corrected chi connectivity index (χ3v) is 4.54. The SMILES string of the molecule is O=C(COc1ccc(-c2nnco2)cc1)N[C@@H]1CCCc2ccccc21. The number of hydrogen-bond donors (Lipinski definition) is 1. The summed E-state index contributed by atoms with van der Waals surface area (Å²) in [6.07, 6.45) is 4.40. The number of nitrogens with one attached hydrogen (secondary N) is 1. The Labute approximate surface area is 151 Å². The summed E-state index contributed by atoms with van der Waals surface area (Å²) in [4.78, 5) is 12.3. The Kier molecular flexibility index (Phi) is 4.64. The fourth-order valence-electron chi connectivity index (χ4n) is 3.28. The van der Waals surface area contributed by atoms with Crippen LogP contribution in [-0.2, 0) is 11.2 Å². The van der Waals surface area contributed by atoms with Crippen LogP contribution in [0.5, 0.6) is 5.75 Å². The second-order valence-electron chi connectivity index (χ2n) is 6.27. The van der Waals surface area contributed by atoms with Crippen molar-refractivity contribution in [3.63, 3.8) is 0 Å². The Morgan fingerprint density at radius 3 is 2.85 bits per heavy atom. The number of nitrogens with zero attached hydrogens (tertiary/aromatic N) is 2. The van der Waals surface area contributed by atoms with Gasteiger partial charge in [0.25, 0.3) is 5.91 Å². The summed E-state index contributed by atoms with van der Waals surface area (Å²) in [6, 6.07) is 15.6. The molecule has 0 bridgehead atoms. The number of carbonyl (C=O) groups is 1. The molecule has 1 aliphatic rings. The topological polar surface area (TPSA) is 77.2 Å². The zero-order chi connectivity index (χ0) is 17.8. The van der Waals surface area contributed by atoms with Crippen molar-refractivity contribution in [2.24, 2.45) is 0 Å². The van der Waals surface area contributed by atoms with Crippen LogP contribution in [0, 0.1) is 0 Å². The Morgan fingerprint density at radius 2 is 2.04 bits per heavy atom. The molecule has 1 atom stereocenters. The molecule has 1 aliphatic carbocycles. The van der Waals surface area contributed by atoms with Gasteiger partial charge in [-0.25, -0.2) is 0 Å². The van der Waals surface area contributed by atoms with Gasteiger partial charge in [-0.05, 0) is 54.7 Å². The molecule has 3 aromatic rings. The highest BCUT2D eigenvalue weighted by Crippen LogP contribution is 2.29. The first-order valence-corrected chi connectivity index (χ1v) is 8.66. The molecule has 0 radical (unpaired) electrons. The summed E-state index contributed by atoms with van der Waals surface area (Å²) in [5, 5.41) is 10.6. The van der Waals surface area contributed by atoms with E-state index in [1.165, 1.54) is 17.5 Å². The van der Waals surface area contributed by atoms with E-state index in [1.807, 2.05) is 24.3 Å². The lowest BCUT2D eigenvalue weighted by atomic mass is 9.88. The molecule has 6 nitrogen and oxygen atoms in total. The fourth-order valence-corrected chi connectivity index (χ4v) is 3.28. The van der Waals surface area contributed by atoms with Gasteiger partial charge in [-0.15, -0.1) is 10.2 Å². The zero-order valence-corrected chi connectivity index (χ0v) is 14.2. The second kappa shape index (κ2) is 7.39. The standard InChI is InChI=1S/C20H19N3O3/c24-19(22-18-7-3-5-14-4-1-2-6-17(14)18)12-25-16-10-8-15(9-11-16)20-23-21-13-26-20/h1-2,4,6,8-11,13,18H,3,5,7,12H2,(H,22,24)/t18-/m1/s1. The number of ether oxygens (including phenoxy) is 1. The van der Waals surface area contributed by atoms with Crippen LogP contribution in [0.25, 0.3) is 11.5 Å². The minimum Gasteiger partial charge on any atom is -0.484 e. The number of fused-ring (bicyclic) bond motifs is 1. The first-order chi connectivity index (χ1) is 12.8. The Hall–Kier alpha value is -3.15. The molecule has 6 heteroatoms. The predicted molar refractivity (Wildman–Crippen MR) is 95.5 cm³/mol. The van der Waals surface area contributed by atoms with Crippen LogP contribution >= 0.6 is 0 Å². The van der Waals surface area contributed by atoms with Crippen LogP contribution < -0.4 is 10.1 Å². The number of hydrogen-bond acceptors (Lipinski definition) is 5. The van der Waals surface area contributed by atoms with Crippen molar-refractivity contribution in [3.05, 3.63) is 66.1 Å². The first-order valence-electron chi connectivity index (χ1n) is 8.66. The molecule has 1 aromatic heterocycles. The lowest BCUT2D eigenvalue weighted by Crippen LogP contribution is -2.34. The normalized spacial score (nSPS) is 15.9. The van der Waals surface area contributed by atoms with Crippen molar-refractivity contribution in [2.45, 2.75) is 25.3 Å². The van der Waals surface area contributed by atoms with E-state index in [1.54, 1.807) is 12.1 Å². The number of carbonyl (C=O) groups excluding carboxylic acids is 1. The molecule has 2 aromatic carbocycles. The van der Waals surface area contributed by atoms with Gasteiger partial charge in [0, 0.05) is 5.56 Å². The van der Waals surface area contributed by atoms with Gasteiger partial charge in [0.05, 0.1) is 6.04 Å². The monoisotopic (exact) mass is 349 g/mol. The molecule has 4 rings (SSSR count). The zero-order valence-electron chi connectivity index (χ0n) is 14.2. The van der Waals surface area contributed by atoms with E-state index in [4.69, 9.17) is 9.15 Å². The second-order valence-corrected chi connectivity index (χ2v) is 6.27. The van der Waals surface area contributed by atoms with Crippen LogP contribution in [0.15, 0.2) is 59.3 Å². The lowest BCUT2D eigenvalue weighted by molar-refractivity contribution is -0.123. The highest BCUT2D eigenvalue weighted by molar-refractivity contribution is 5.78. The molecule has 1 amide bonds. The Balaban J connectivity index is 1.33. The van der Waals surface area contributed by atoms with E-state index >= 15 is 0 Å². The van der Waals surface area contributed by atoms with E-state index in [0.717, 1.165) is 24.8 Å². The average molecular weight is 349 g/mol. The van der Waals surface area contributed by atoms with Crippen molar-refractivity contribution in [1.29, 1.82) is 0 Å². The fraction of sp³-hybridized carbons (Fsp3) is 0.250. The summed E-state index contributed by atoms with van der Waals surface area (Å²) in [7, 11) is 0. The largest absolute Gasteiger partial charge is 0.484 e. The van der Waals surface area contributed by atoms with Crippen LogP contribution in [0.3, 0.4) is 0 Å². The van der Waals surface area contributed by atoms with Crippen LogP contribution in [0.1, 0.15) is 30.0 Å². The van der Waals surface area contributed by atoms with Crippen LogP contribution in [0.4, 0.5) is 0 Å². The Bertz CT molecular complexity index is 876. The van der Waals surface area contributed by atoms with Gasteiger partial charge in [0.1, 0.15) is 5.75 Å². The molecule has 0 spiro atoms. The maximum absolute atomic E-state index is 12.3. The van der Waals surface area contributed by atoms with Gasteiger partial charge < -0.3 is 14.5 Å². The van der Waals surface area contributed by atoms with E-state index in [-0.39, 0.29) is 18.6 Å². The van der Waals surface area contributed by atoms with Gasteiger partial charge in [-0.2, -0.15) is 0 Å². The lowest BCUT2D eigenvalue weighted by Gasteiger charge is -2.26. The molecule has 26 heavy (non-hydrogen) atoms. The third-order valence-electron chi connectivity index (χ3n) is 4.54. The molecule has 0 unspecified atom stereocenters. The molecular formula is C20H19N3O3. The number of amides is 1. The third kappa shape index (κ3) is 3.59. The summed E-state index contributed by atoms with van der Waals surface area (Å²) in [6.45, 7) is -0.0153. The van der Waals surface area contributed by atoms with E-state index < -0.39 is 0 Å². The maximum Gasteiger partial charge on any atom is 0.258 e. The van der Waals surface area contributed by atoms with Crippen LogP contribution in [-0.4, -0.2) is 22.7 Å². The number of benzene rings is 2. The molecule has 132 valence electrons. The molecular weight excluding hydrogens is 330 g/mol. The summed E-state index contributed by atoms with van der Waals surface area (Å²) in [5.74, 6) is 0.949. The Morgan fingerprint density at radius 1 is 1.19 bits per heavy atom. The summed E-state index contributed by atoms with van der Waals surface area (Å²) >= 11 is 0. The van der Waals surface area contributed by atoms with E-state index in [9.17, 15) is 4.79 Å². The molecule has 0 aliphatic heterocycles. The quantitative estimate of drug-likeness (QED) is 0.765. The van der Waals surface area contributed by atoms with E-state index in [0.29, 0.717) is 11.6 Å². The highest BCUT2D eigenvalue weighted by Gasteiger charge is 2.21. The first kappa shape index (κ1) is 16.3. The van der Waals surface area contributed by atoms with Gasteiger partial charge in [-0.3, -0.25) is 4.79 Å². The van der Waals surface area contributed by atoms with Crippen molar-refractivity contribution in [2.75, 3.05) is 6.61 Å². The van der Waals surface area contributed by atoms with Crippen molar-refractivity contribution < 1.29 is 13.9 Å². The van der Waals surface area contributed by atoms with Crippen molar-refractivity contribution in [3.8, 4) is 17.2 Å². The molecule has 0 saturated heterocycles. The van der Waals surface area contributed by atoms with E-state index in [2.05, 4.69) is 27.6 Å². The average Bonchev–Trinajstić information content (AvgIpc) is 3.22. The summed E-state index contributed by atoms with van der Waals surface area (Å²) in [5.41, 5.74) is 3.34. The van der Waals surface area contributed by atoms with Crippen molar-refractivity contribution >= 4 is 5.91 Å². The van der Waals surface area contributed by atoms with Gasteiger partial charge in [-0.1, -0.05) is 24.3 Å². The molecule has 0 saturated carbocycles. The van der Waals surface area contributed by atoms with Gasteiger partial charge >= 0.3 is 0 Å². The number of aryl methyl sites for hydroxylation is 1. The molecule has 1 N–H and O–H groups in total. The van der Waals surface area contributed by atoms with Crippen LogP contribution in [0.2, 0.25) is 0 Å². The maximum atomic E-state index is 12.3. The highest BCUT2D eigenvalue weighted by atomic mass is 16.5. The van der Waals surface area contributed by atoms with Gasteiger partial charge in [0.15, 0.2) is 6.61 Å². The van der Waals surface area contributed by atoms with Crippen molar-refractivity contribution in [1.82, 2.24) is 15.5 Å². The summed E-state index contributed by atoms with van der Waals surface area (Å²) < 4.78 is 10.7. The predicted octanol–water partition coefficient (Wildman–Crippen LogP) is 3.31. The van der Waals surface area contributed by atoms with Gasteiger partial charge in [0.2, 0.25) is 12.3 Å². The molecule has 0 fully saturated rings. The minimum atomic E-state index is -0.118. The number of rotatable bonds is 5. The minimum absolute atomic E-state index is 0.0153.